The molecule has 1 aromatic carbocycles. The van der Waals surface area contributed by atoms with Gasteiger partial charge in [0.2, 0.25) is 5.91 Å². The van der Waals surface area contributed by atoms with Gasteiger partial charge in [0, 0.05) is 24.9 Å². The fourth-order valence-corrected chi connectivity index (χ4v) is 2.87. The van der Waals surface area contributed by atoms with Crippen molar-refractivity contribution in [2.24, 2.45) is 5.73 Å². The summed E-state index contributed by atoms with van der Waals surface area (Å²) in [6.07, 6.45) is 0.391. The zero-order chi connectivity index (χ0) is 14.6. The third-order valence-corrected chi connectivity index (χ3v) is 3.45. The van der Waals surface area contributed by atoms with Crippen LogP contribution < -0.4 is 11.1 Å². The molecule has 0 saturated carbocycles. The monoisotopic (exact) mass is 262 g/mol. The van der Waals surface area contributed by atoms with Crippen molar-refractivity contribution in [3.8, 4) is 0 Å². The van der Waals surface area contributed by atoms with E-state index in [-0.39, 0.29) is 11.3 Å². The lowest BCUT2D eigenvalue weighted by molar-refractivity contribution is -0.121. The Balaban J connectivity index is 2.91. The lowest BCUT2D eigenvalue weighted by atomic mass is 9.78. The van der Waals surface area contributed by atoms with Gasteiger partial charge in [0.15, 0.2) is 0 Å². The maximum absolute atomic E-state index is 11.6. The first-order valence-corrected chi connectivity index (χ1v) is 6.83. The lowest BCUT2D eigenvalue weighted by Gasteiger charge is -2.29. The van der Waals surface area contributed by atoms with Crippen LogP contribution >= 0.6 is 0 Å². The van der Waals surface area contributed by atoms with Crippen molar-refractivity contribution in [2.75, 3.05) is 13.1 Å². The highest BCUT2D eigenvalue weighted by molar-refractivity contribution is 5.76. The van der Waals surface area contributed by atoms with Crippen LogP contribution in [0.25, 0.3) is 0 Å². The Labute approximate surface area is 116 Å². The van der Waals surface area contributed by atoms with E-state index in [2.05, 4.69) is 52.1 Å². The largest absolute Gasteiger partial charge is 0.355 e. The van der Waals surface area contributed by atoms with Gasteiger partial charge in [-0.05, 0) is 37.5 Å². The molecule has 0 spiro atoms. The predicted octanol–water partition coefficient (Wildman–Crippen LogP) is 2.35. The van der Waals surface area contributed by atoms with Crippen molar-refractivity contribution in [2.45, 2.75) is 46.5 Å². The van der Waals surface area contributed by atoms with E-state index in [0.29, 0.717) is 19.5 Å². The molecule has 0 heterocycles. The van der Waals surface area contributed by atoms with Crippen LogP contribution in [0.2, 0.25) is 0 Å². The average molecular weight is 262 g/mol. The number of carbonyl (C=O) groups is 1. The Morgan fingerprint density at radius 1 is 1.21 bits per heavy atom. The molecular formula is C16H26N2O. The quantitative estimate of drug-likeness (QED) is 0.856. The van der Waals surface area contributed by atoms with E-state index in [1.807, 2.05) is 0 Å². The van der Waals surface area contributed by atoms with Crippen LogP contribution in [0.1, 0.15) is 42.5 Å². The molecule has 0 aliphatic rings. The number of aryl methyl sites for hydroxylation is 3. The summed E-state index contributed by atoms with van der Waals surface area (Å²) in [4.78, 5) is 11.6. The Bertz CT molecular complexity index is 441. The maximum Gasteiger partial charge on any atom is 0.221 e. The molecule has 106 valence electrons. The van der Waals surface area contributed by atoms with Crippen LogP contribution in [0, 0.1) is 20.8 Å². The zero-order valence-electron chi connectivity index (χ0n) is 12.8. The maximum atomic E-state index is 11.6. The Morgan fingerprint density at radius 3 is 2.21 bits per heavy atom. The van der Waals surface area contributed by atoms with Crippen molar-refractivity contribution in [3.63, 3.8) is 0 Å². The van der Waals surface area contributed by atoms with Gasteiger partial charge in [0.1, 0.15) is 0 Å². The normalized spacial score (nSPS) is 11.5. The van der Waals surface area contributed by atoms with Gasteiger partial charge in [-0.25, -0.2) is 0 Å². The second-order valence-corrected chi connectivity index (χ2v) is 5.97. The standard InChI is InChI=1S/C16H26N2O/c1-11-8-12(2)15(13(3)9-11)16(4,5)10-18-14(19)6-7-17/h8-9H,6-7,10,17H2,1-5H3,(H,18,19). The van der Waals surface area contributed by atoms with Crippen LogP contribution in [-0.2, 0) is 10.2 Å². The molecule has 0 atom stereocenters. The van der Waals surface area contributed by atoms with Gasteiger partial charge in [0.25, 0.3) is 0 Å². The topological polar surface area (TPSA) is 55.1 Å². The van der Waals surface area contributed by atoms with Gasteiger partial charge in [-0.1, -0.05) is 31.5 Å². The third kappa shape index (κ3) is 4.06. The van der Waals surface area contributed by atoms with E-state index < -0.39 is 0 Å². The van der Waals surface area contributed by atoms with E-state index in [4.69, 9.17) is 5.73 Å². The molecule has 0 aliphatic carbocycles. The number of nitrogens with two attached hydrogens (primary N) is 1. The van der Waals surface area contributed by atoms with Crippen molar-refractivity contribution in [1.29, 1.82) is 0 Å². The van der Waals surface area contributed by atoms with E-state index in [1.54, 1.807) is 0 Å². The number of hydrogen-bond donors (Lipinski definition) is 2. The number of benzene rings is 1. The molecule has 3 N–H and O–H groups in total. The van der Waals surface area contributed by atoms with Crippen LogP contribution in [0.15, 0.2) is 12.1 Å². The first-order chi connectivity index (χ1) is 8.77. The van der Waals surface area contributed by atoms with E-state index in [1.165, 1.54) is 22.3 Å². The molecule has 19 heavy (non-hydrogen) atoms. The highest BCUT2D eigenvalue weighted by Crippen LogP contribution is 2.29. The summed E-state index contributed by atoms with van der Waals surface area (Å²) in [5.41, 5.74) is 10.5. The first-order valence-electron chi connectivity index (χ1n) is 6.83. The summed E-state index contributed by atoms with van der Waals surface area (Å²) >= 11 is 0. The SMILES string of the molecule is Cc1cc(C)c(C(C)(C)CNC(=O)CCN)c(C)c1. The van der Waals surface area contributed by atoms with E-state index in [0.717, 1.165) is 0 Å². The van der Waals surface area contributed by atoms with E-state index in [9.17, 15) is 4.79 Å². The molecule has 1 aromatic rings. The van der Waals surface area contributed by atoms with Crippen LogP contribution in [-0.4, -0.2) is 19.0 Å². The minimum Gasteiger partial charge on any atom is -0.355 e. The number of nitrogens with one attached hydrogen (secondary N) is 1. The average Bonchev–Trinajstić information content (AvgIpc) is 2.25. The van der Waals surface area contributed by atoms with Gasteiger partial charge >= 0.3 is 0 Å². The number of hydrogen-bond acceptors (Lipinski definition) is 2. The molecule has 3 nitrogen and oxygen atoms in total. The zero-order valence-corrected chi connectivity index (χ0v) is 12.8. The molecule has 3 heteroatoms. The molecule has 0 aliphatic heterocycles. The molecule has 0 fully saturated rings. The van der Waals surface area contributed by atoms with Crippen LogP contribution in [0.5, 0.6) is 0 Å². The summed E-state index contributed by atoms with van der Waals surface area (Å²) in [7, 11) is 0. The minimum atomic E-state index is -0.0773. The molecule has 0 aromatic heterocycles. The van der Waals surface area contributed by atoms with Crippen LogP contribution in [0.3, 0.4) is 0 Å². The Morgan fingerprint density at radius 2 is 1.74 bits per heavy atom. The predicted molar refractivity (Wildman–Crippen MR) is 80.4 cm³/mol. The minimum absolute atomic E-state index is 0.0259. The highest BCUT2D eigenvalue weighted by atomic mass is 16.1. The summed E-state index contributed by atoms with van der Waals surface area (Å²) < 4.78 is 0. The molecule has 0 saturated heterocycles. The third-order valence-electron chi connectivity index (χ3n) is 3.45. The summed E-state index contributed by atoms with van der Waals surface area (Å²) in [5.74, 6) is 0.0259. The highest BCUT2D eigenvalue weighted by Gasteiger charge is 2.25. The summed E-state index contributed by atoms with van der Waals surface area (Å²) in [5, 5.41) is 2.97. The molecule has 1 rings (SSSR count). The van der Waals surface area contributed by atoms with Gasteiger partial charge in [-0.15, -0.1) is 0 Å². The molecule has 0 unspecified atom stereocenters. The fourth-order valence-electron chi connectivity index (χ4n) is 2.87. The smallest absolute Gasteiger partial charge is 0.221 e. The summed E-state index contributed by atoms with van der Waals surface area (Å²) in [6.45, 7) is 11.8. The Kier molecular flexibility index (Phi) is 5.12. The lowest BCUT2D eigenvalue weighted by Crippen LogP contribution is -2.38. The fraction of sp³-hybridized carbons (Fsp3) is 0.562. The summed E-state index contributed by atoms with van der Waals surface area (Å²) in [6, 6.07) is 4.40. The van der Waals surface area contributed by atoms with Gasteiger partial charge in [-0.3, -0.25) is 4.79 Å². The number of amides is 1. The van der Waals surface area contributed by atoms with Crippen LogP contribution in [0.4, 0.5) is 0 Å². The van der Waals surface area contributed by atoms with Crippen molar-refractivity contribution in [3.05, 3.63) is 34.4 Å². The Hall–Kier alpha value is -1.35. The number of carbonyl (C=O) groups excluding carboxylic acids is 1. The second-order valence-electron chi connectivity index (χ2n) is 5.97. The second kappa shape index (κ2) is 6.20. The van der Waals surface area contributed by atoms with Gasteiger partial charge < -0.3 is 11.1 Å². The molecule has 0 radical (unpaired) electrons. The first kappa shape index (κ1) is 15.7. The van der Waals surface area contributed by atoms with Crippen molar-refractivity contribution in [1.82, 2.24) is 5.32 Å². The van der Waals surface area contributed by atoms with Crippen molar-refractivity contribution >= 4 is 5.91 Å². The molecule has 1 amide bonds. The van der Waals surface area contributed by atoms with E-state index >= 15 is 0 Å². The molecular weight excluding hydrogens is 236 g/mol. The number of rotatable bonds is 5. The van der Waals surface area contributed by atoms with Gasteiger partial charge in [-0.2, -0.15) is 0 Å². The van der Waals surface area contributed by atoms with Crippen molar-refractivity contribution < 1.29 is 4.79 Å². The molecule has 0 bridgehead atoms. The van der Waals surface area contributed by atoms with Gasteiger partial charge in [0.05, 0.1) is 0 Å².